The topological polar surface area (TPSA) is 138 Å². The summed E-state index contributed by atoms with van der Waals surface area (Å²) in [6, 6.07) is 7.16. The second kappa shape index (κ2) is 9.90. The number of rotatable bonds is 11. The first kappa shape index (κ1) is 20.8. The Balaban J connectivity index is 2.27. The minimum atomic E-state index is -4.51. The van der Waals surface area contributed by atoms with Gasteiger partial charge in [0.2, 0.25) is 5.91 Å². The lowest BCUT2D eigenvalue weighted by atomic mass is 10.0. The van der Waals surface area contributed by atoms with Gasteiger partial charge in [-0.15, -0.1) is 0 Å². The van der Waals surface area contributed by atoms with Gasteiger partial charge in [-0.05, 0) is 12.8 Å². The van der Waals surface area contributed by atoms with Crippen LogP contribution in [0.25, 0.3) is 0 Å². The van der Waals surface area contributed by atoms with Gasteiger partial charge in [0.05, 0.1) is 0 Å². The Kier molecular flexibility index (Phi) is 8.23. The summed E-state index contributed by atoms with van der Waals surface area (Å²) in [5.41, 5.74) is 0.634. The first-order valence-corrected chi connectivity index (χ1v) is 9.35. The summed E-state index contributed by atoms with van der Waals surface area (Å²) in [5, 5.41) is 10.9. The second-order valence-corrected chi connectivity index (χ2v) is 7.05. The summed E-state index contributed by atoms with van der Waals surface area (Å²) in [6.45, 7) is 0. The monoisotopic (exact) mass is 371 g/mol. The Morgan fingerprint density at radius 2 is 1.60 bits per heavy atom. The number of aliphatic carboxylic acids is 1. The van der Waals surface area contributed by atoms with E-state index >= 15 is 0 Å². The molecule has 0 heterocycles. The van der Waals surface area contributed by atoms with Gasteiger partial charge >= 0.3 is 5.97 Å². The lowest BCUT2D eigenvalue weighted by molar-refractivity contribution is -0.141. The molecule has 0 fully saturated rings. The molecule has 0 aliphatic heterocycles. The van der Waals surface area contributed by atoms with Gasteiger partial charge < -0.3 is 10.4 Å². The third kappa shape index (κ3) is 8.96. The van der Waals surface area contributed by atoms with Gasteiger partial charge in [0, 0.05) is 18.4 Å². The maximum Gasteiger partial charge on any atom is 0.327 e. The van der Waals surface area contributed by atoms with Crippen LogP contribution in [0.4, 0.5) is 0 Å². The number of nitrogens with one attached hydrogen (secondary N) is 1. The van der Waals surface area contributed by atoms with E-state index < -0.39 is 33.8 Å². The van der Waals surface area contributed by atoms with Crippen LogP contribution in [-0.4, -0.2) is 47.5 Å². The molecule has 0 saturated heterocycles. The molecular weight excluding hydrogens is 350 g/mol. The fraction of sp³-hybridized carbons (Fsp3) is 0.438. The van der Waals surface area contributed by atoms with Crippen molar-refractivity contribution in [3.63, 3.8) is 0 Å². The van der Waals surface area contributed by atoms with Crippen molar-refractivity contribution in [1.82, 2.24) is 5.32 Å². The highest BCUT2D eigenvalue weighted by molar-refractivity contribution is 7.85. The van der Waals surface area contributed by atoms with Crippen molar-refractivity contribution in [2.45, 2.75) is 38.1 Å². The summed E-state index contributed by atoms with van der Waals surface area (Å²) < 4.78 is 30.1. The zero-order chi connectivity index (χ0) is 18.9. The van der Waals surface area contributed by atoms with E-state index in [1.807, 2.05) is 6.07 Å². The summed E-state index contributed by atoms with van der Waals surface area (Å²) in [5.74, 6) is -3.23. The summed E-state index contributed by atoms with van der Waals surface area (Å²) >= 11 is 0. The highest BCUT2D eigenvalue weighted by atomic mass is 32.2. The molecule has 0 saturated carbocycles. The van der Waals surface area contributed by atoms with Crippen LogP contribution in [0.5, 0.6) is 0 Å². The van der Waals surface area contributed by atoms with Crippen molar-refractivity contribution in [2.75, 3.05) is 5.75 Å². The van der Waals surface area contributed by atoms with Gasteiger partial charge in [0.1, 0.15) is 11.8 Å². The van der Waals surface area contributed by atoms with E-state index in [0.29, 0.717) is 31.2 Å². The predicted molar refractivity (Wildman–Crippen MR) is 89.8 cm³/mol. The summed E-state index contributed by atoms with van der Waals surface area (Å²) in [7, 11) is -4.51. The molecule has 0 spiro atoms. The Bertz CT molecular complexity index is 700. The van der Waals surface area contributed by atoms with Crippen molar-refractivity contribution >= 4 is 27.8 Å². The van der Waals surface area contributed by atoms with Crippen LogP contribution in [0.3, 0.4) is 0 Å². The number of carboxylic acids is 1. The number of benzene rings is 1. The molecule has 8 nitrogen and oxygen atoms in total. The first-order chi connectivity index (χ1) is 11.7. The van der Waals surface area contributed by atoms with Crippen LogP contribution in [0.2, 0.25) is 0 Å². The number of carboxylic acid groups (broad SMARTS) is 1. The number of Topliss-reactive ketones (excluding diaryl/α,β-unsaturated/α-hetero) is 1. The van der Waals surface area contributed by atoms with Crippen LogP contribution in [-0.2, 0) is 19.7 Å². The number of unbranched alkanes of at least 4 members (excludes halogenated alkanes) is 2. The zero-order valence-electron chi connectivity index (χ0n) is 13.6. The summed E-state index contributed by atoms with van der Waals surface area (Å²) in [6.07, 6.45) is 1.99. The largest absolute Gasteiger partial charge is 0.480 e. The van der Waals surface area contributed by atoms with Gasteiger partial charge in [-0.25, -0.2) is 4.79 Å². The Labute approximate surface area is 146 Å². The Morgan fingerprint density at radius 3 is 2.16 bits per heavy atom. The predicted octanol–water partition coefficient (Wildman–Crippen LogP) is 1.28. The molecule has 1 rings (SSSR count). The van der Waals surface area contributed by atoms with Crippen LogP contribution in [0.1, 0.15) is 42.5 Å². The molecule has 0 aliphatic carbocycles. The number of ketones is 1. The van der Waals surface area contributed by atoms with Crippen molar-refractivity contribution in [3.8, 4) is 0 Å². The Morgan fingerprint density at radius 1 is 1.00 bits per heavy atom. The van der Waals surface area contributed by atoms with E-state index in [1.165, 1.54) is 0 Å². The number of amides is 1. The molecule has 1 amide bonds. The van der Waals surface area contributed by atoms with E-state index in [0.717, 1.165) is 0 Å². The van der Waals surface area contributed by atoms with Crippen molar-refractivity contribution < 1.29 is 32.5 Å². The molecule has 0 radical (unpaired) electrons. The molecule has 138 valence electrons. The van der Waals surface area contributed by atoms with Gasteiger partial charge in [-0.2, -0.15) is 8.42 Å². The maximum atomic E-state index is 11.9. The van der Waals surface area contributed by atoms with Gasteiger partial charge in [0.15, 0.2) is 5.78 Å². The van der Waals surface area contributed by atoms with Gasteiger partial charge in [-0.3, -0.25) is 14.1 Å². The SMILES string of the molecule is O=C(CCCCCC(=O)c1ccccc1)N[C@@H](CS(=O)(=O)O)C(=O)O. The third-order valence-electron chi connectivity index (χ3n) is 3.41. The van der Waals surface area contributed by atoms with Crippen LogP contribution >= 0.6 is 0 Å². The van der Waals surface area contributed by atoms with E-state index in [2.05, 4.69) is 5.32 Å². The second-order valence-electron chi connectivity index (χ2n) is 5.56. The fourth-order valence-corrected chi connectivity index (χ4v) is 2.82. The molecule has 0 aromatic heterocycles. The van der Waals surface area contributed by atoms with E-state index in [1.54, 1.807) is 24.3 Å². The third-order valence-corrected chi connectivity index (χ3v) is 4.17. The normalized spacial score (nSPS) is 12.4. The molecule has 1 atom stereocenters. The first-order valence-electron chi connectivity index (χ1n) is 7.74. The minimum absolute atomic E-state index is 0.00871. The minimum Gasteiger partial charge on any atom is -0.480 e. The molecule has 0 aliphatic rings. The van der Waals surface area contributed by atoms with E-state index in [9.17, 15) is 22.8 Å². The highest BCUT2D eigenvalue weighted by Crippen LogP contribution is 2.09. The maximum absolute atomic E-state index is 11.9. The van der Waals surface area contributed by atoms with E-state index in [-0.39, 0.29) is 12.2 Å². The zero-order valence-corrected chi connectivity index (χ0v) is 14.4. The van der Waals surface area contributed by atoms with Crippen LogP contribution in [0.15, 0.2) is 30.3 Å². The lowest BCUT2D eigenvalue weighted by Crippen LogP contribution is -2.45. The standard InChI is InChI=1S/C16H21NO7S/c18-14(12-7-3-1-4-8-12)9-5-2-6-10-15(19)17-13(16(20)21)11-25(22,23)24/h1,3-4,7-8,13H,2,5-6,9-11H2,(H,17,19)(H,20,21)(H,22,23,24)/t13-/m0/s1. The quantitative estimate of drug-likeness (QED) is 0.302. The van der Waals surface area contributed by atoms with Crippen molar-refractivity contribution in [3.05, 3.63) is 35.9 Å². The number of carbonyl (C=O) groups is 3. The van der Waals surface area contributed by atoms with Gasteiger partial charge in [0.25, 0.3) is 10.1 Å². The van der Waals surface area contributed by atoms with Crippen molar-refractivity contribution in [1.29, 1.82) is 0 Å². The molecule has 1 aromatic carbocycles. The highest BCUT2D eigenvalue weighted by Gasteiger charge is 2.25. The molecule has 3 N–H and O–H groups in total. The van der Waals surface area contributed by atoms with Gasteiger partial charge in [-0.1, -0.05) is 36.8 Å². The molecule has 0 bridgehead atoms. The van der Waals surface area contributed by atoms with Crippen LogP contribution in [0, 0.1) is 0 Å². The number of carbonyl (C=O) groups excluding carboxylic acids is 2. The molecule has 0 unspecified atom stereocenters. The molecule has 25 heavy (non-hydrogen) atoms. The number of hydrogen-bond donors (Lipinski definition) is 3. The smallest absolute Gasteiger partial charge is 0.327 e. The fourth-order valence-electron chi connectivity index (χ4n) is 2.17. The van der Waals surface area contributed by atoms with Crippen molar-refractivity contribution in [2.24, 2.45) is 0 Å². The Hall–Kier alpha value is -2.26. The number of hydrogen-bond acceptors (Lipinski definition) is 5. The van der Waals surface area contributed by atoms with E-state index in [4.69, 9.17) is 9.66 Å². The van der Waals surface area contributed by atoms with Crippen LogP contribution < -0.4 is 5.32 Å². The molecule has 9 heteroatoms. The average Bonchev–Trinajstić information content (AvgIpc) is 2.53. The molecular formula is C16H21NO7S. The lowest BCUT2D eigenvalue weighted by Gasteiger charge is -2.12. The summed E-state index contributed by atoms with van der Waals surface area (Å²) in [4.78, 5) is 34.4. The molecule has 1 aromatic rings. The average molecular weight is 371 g/mol.